The fraction of sp³-hybridized carbons (Fsp3) is 0.632. The molecule has 2 unspecified atom stereocenters. The third kappa shape index (κ3) is 2.28. The Balaban J connectivity index is 1.68. The first-order valence-electron chi connectivity index (χ1n) is 8.76. The van der Waals surface area contributed by atoms with Crippen molar-refractivity contribution in [1.29, 1.82) is 0 Å². The van der Waals surface area contributed by atoms with Crippen LogP contribution in [0.4, 0.5) is 0 Å². The summed E-state index contributed by atoms with van der Waals surface area (Å²) in [6.07, 6.45) is 3.66. The van der Waals surface area contributed by atoms with Gasteiger partial charge in [0.15, 0.2) is 0 Å². The molecular formula is C19H25ClN2O. The van der Waals surface area contributed by atoms with Crippen LogP contribution in [0.5, 0.6) is 0 Å². The van der Waals surface area contributed by atoms with Crippen molar-refractivity contribution >= 4 is 17.4 Å². The van der Waals surface area contributed by atoms with E-state index in [1.807, 2.05) is 12.1 Å². The zero-order valence-electron chi connectivity index (χ0n) is 14.0. The van der Waals surface area contributed by atoms with Crippen molar-refractivity contribution in [3.05, 3.63) is 34.9 Å². The molecule has 4 saturated heterocycles. The molecule has 5 rings (SSSR count). The van der Waals surface area contributed by atoms with E-state index in [1.54, 1.807) is 0 Å². The highest BCUT2D eigenvalue weighted by atomic mass is 35.5. The predicted molar refractivity (Wildman–Crippen MR) is 92.4 cm³/mol. The molecule has 0 aromatic heterocycles. The van der Waals surface area contributed by atoms with Crippen LogP contribution in [-0.2, 0) is 4.79 Å². The highest BCUT2D eigenvalue weighted by Gasteiger charge is 2.63. The molecule has 4 heteroatoms. The number of hydrogen-bond acceptors (Lipinski definition) is 3. The Bertz CT molecular complexity index is 611. The summed E-state index contributed by atoms with van der Waals surface area (Å²) in [4.78, 5) is 18.2. The number of halogens is 1. The number of rotatable bonds is 4. The predicted octanol–water partition coefficient (Wildman–Crippen LogP) is 3.74. The van der Waals surface area contributed by atoms with E-state index in [4.69, 9.17) is 11.6 Å². The maximum absolute atomic E-state index is 13.1. The van der Waals surface area contributed by atoms with Crippen LogP contribution in [0.1, 0.15) is 44.8 Å². The van der Waals surface area contributed by atoms with Gasteiger partial charge in [-0.3, -0.25) is 14.6 Å². The third-order valence-electron chi connectivity index (χ3n) is 6.01. The van der Waals surface area contributed by atoms with E-state index in [-0.39, 0.29) is 10.8 Å². The molecule has 0 radical (unpaired) electrons. The SMILES string of the molecule is CCCCC12CN3CC(C)(CN(C1)C3c1ccc(Cl)cc1)C2=O. The number of carbonyl (C=O) groups excluding carboxylic acids is 1. The molecule has 0 aliphatic carbocycles. The third-order valence-corrected chi connectivity index (χ3v) is 6.27. The van der Waals surface area contributed by atoms with Crippen molar-refractivity contribution in [1.82, 2.24) is 9.80 Å². The number of benzene rings is 1. The van der Waals surface area contributed by atoms with E-state index in [2.05, 4.69) is 35.8 Å². The summed E-state index contributed by atoms with van der Waals surface area (Å²) in [6, 6.07) is 8.23. The van der Waals surface area contributed by atoms with Gasteiger partial charge in [0.25, 0.3) is 0 Å². The lowest BCUT2D eigenvalue weighted by atomic mass is 9.59. The summed E-state index contributed by atoms with van der Waals surface area (Å²) in [6.45, 7) is 8.01. The van der Waals surface area contributed by atoms with Gasteiger partial charge in [-0.2, -0.15) is 0 Å². The molecule has 124 valence electrons. The van der Waals surface area contributed by atoms with Crippen molar-refractivity contribution in [3.63, 3.8) is 0 Å². The second kappa shape index (κ2) is 5.30. The maximum atomic E-state index is 13.1. The normalized spacial score (nSPS) is 41.5. The summed E-state index contributed by atoms with van der Waals surface area (Å²) in [7, 11) is 0. The second-order valence-electron chi connectivity index (χ2n) is 8.01. The van der Waals surface area contributed by atoms with Gasteiger partial charge in [0.1, 0.15) is 5.78 Å². The quantitative estimate of drug-likeness (QED) is 0.839. The largest absolute Gasteiger partial charge is 0.298 e. The van der Waals surface area contributed by atoms with Crippen LogP contribution in [0.2, 0.25) is 5.02 Å². The Labute approximate surface area is 143 Å². The van der Waals surface area contributed by atoms with E-state index in [9.17, 15) is 4.79 Å². The molecule has 4 aliphatic heterocycles. The minimum absolute atomic E-state index is 0.135. The van der Waals surface area contributed by atoms with Crippen LogP contribution in [0.25, 0.3) is 0 Å². The van der Waals surface area contributed by atoms with Gasteiger partial charge >= 0.3 is 0 Å². The monoisotopic (exact) mass is 332 g/mol. The topological polar surface area (TPSA) is 23.6 Å². The van der Waals surface area contributed by atoms with Crippen molar-refractivity contribution in [2.75, 3.05) is 26.2 Å². The van der Waals surface area contributed by atoms with Crippen LogP contribution in [0.15, 0.2) is 24.3 Å². The first-order valence-corrected chi connectivity index (χ1v) is 9.14. The van der Waals surface area contributed by atoms with E-state index < -0.39 is 0 Å². The molecule has 0 N–H and O–H groups in total. The molecule has 3 nitrogen and oxygen atoms in total. The Morgan fingerprint density at radius 2 is 1.74 bits per heavy atom. The van der Waals surface area contributed by atoms with Crippen molar-refractivity contribution in [2.24, 2.45) is 10.8 Å². The molecule has 4 heterocycles. The minimum Gasteiger partial charge on any atom is -0.298 e. The van der Waals surface area contributed by atoms with Crippen LogP contribution >= 0.6 is 11.6 Å². The van der Waals surface area contributed by atoms with Gasteiger partial charge in [0.2, 0.25) is 0 Å². The van der Waals surface area contributed by atoms with Crippen LogP contribution < -0.4 is 0 Å². The van der Waals surface area contributed by atoms with Gasteiger partial charge in [-0.1, -0.05) is 50.4 Å². The van der Waals surface area contributed by atoms with E-state index in [0.717, 1.165) is 50.5 Å². The Morgan fingerprint density at radius 1 is 1.13 bits per heavy atom. The van der Waals surface area contributed by atoms with Gasteiger partial charge in [-0.15, -0.1) is 0 Å². The van der Waals surface area contributed by atoms with Gasteiger partial charge in [-0.25, -0.2) is 0 Å². The molecular weight excluding hydrogens is 308 g/mol. The highest BCUT2D eigenvalue weighted by Crippen LogP contribution is 2.53. The molecule has 1 aromatic carbocycles. The van der Waals surface area contributed by atoms with Crippen LogP contribution in [-0.4, -0.2) is 41.8 Å². The molecule has 1 aromatic rings. The molecule has 2 atom stereocenters. The molecule has 4 aliphatic rings. The Hall–Kier alpha value is -0.900. The molecule has 4 fully saturated rings. The summed E-state index contributed by atoms with van der Waals surface area (Å²) in [5.74, 6) is 0.528. The summed E-state index contributed by atoms with van der Waals surface area (Å²) < 4.78 is 0. The lowest BCUT2D eigenvalue weighted by Gasteiger charge is -2.65. The smallest absolute Gasteiger partial charge is 0.150 e. The zero-order valence-corrected chi connectivity index (χ0v) is 14.8. The number of nitrogens with zero attached hydrogens (tertiary/aromatic N) is 2. The zero-order chi connectivity index (χ0) is 16.2. The minimum atomic E-state index is -0.187. The van der Waals surface area contributed by atoms with Gasteiger partial charge in [0.05, 0.1) is 17.0 Å². The average molecular weight is 333 g/mol. The summed E-state index contributed by atoms with van der Waals surface area (Å²) >= 11 is 6.05. The lowest BCUT2D eigenvalue weighted by molar-refractivity contribution is -0.201. The maximum Gasteiger partial charge on any atom is 0.150 e. The molecule has 4 bridgehead atoms. The highest BCUT2D eigenvalue weighted by molar-refractivity contribution is 6.30. The first-order chi connectivity index (χ1) is 11.0. The molecule has 0 amide bonds. The first kappa shape index (κ1) is 15.6. The molecule has 0 spiro atoms. The van der Waals surface area contributed by atoms with Crippen molar-refractivity contribution < 1.29 is 4.79 Å². The summed E-state index contributed by atoms with van der Waals surface area (Å²) in [5.41, 5.74) is 0.979. The van der Waals surface area contributed by atoms with E-state index in [1.165, 1.54) is 5.56 Å². The number of ketones is 1. The Kier molecular flexibility index (Phi) is 3.60. The molecule has 23 heavy (non-hydrogen) atoms. The van der Waals surface area contributed by atoms with E-state index >= 15 is 0 Å². The number of piperidine rings is 2. The summed E-state index contributed by atoms with van der Waals surface area (Å²) in [5, 5.41) is 0.782. The number of Topliss-reactive ketones (excluding diaryl/α,β-unsaturated/α-hetero) is 1. The fourth-order valence-corrected chi connectivity index (χ4v) is 5.36. The van der Waals surface area contributed by atoms with Gasteiger partial charge in [0, 0.05) is 31.2 Å². The Morgan fingerprint density at radius 3 is 2.30 bits per heavy atom. The fourth-order valence-electron chi connectivity index (χ4n) is 5.23. The molecule has 0 saturated carbocycles. The average Bonchev–Trinajstić information content (AvgIpc) is 2.51. The van der Waals surface area contributed by atoms with Gasteiger partial charge < -0.3 is 0 Å². The number of carbonyl (C=O) groups is 1. The van der Waals surface area contributed by atoms with Crippen LogP contribution in [0.3, 0.4) is 0 Å². The van der Waals surface area contributed by atoms with E-state index in [0.29, 0.717) is 11.9 Å². The lowest BCUT2D eigenvalue weighted by Crippen LogP contribution is -2.76. The standard InChI is InChI=1S/C19H25ClN2O/c1-3-4-9-19-12-21-10-18(2,17(19)23)11-22(13-19)16(21)14-5-7-15(20)8-6-14/h5-8,16H,3-4,9-13H2,1-2H3. The van der Waals surface area contributed by atoms with Crippen LogP contribution in [0, 0.1) is 10.8 Å². The van der Waals surface area contributed by atoms with Crippen molar-refractivity contribution in [3.8, 4) is 0 Å². The number of unbranched alkanes of at least 4 members (excludes halogenated alkanes) is 1. The van der Waals surface area contributed by atoms with Gasteiger partial charge in [-0.05, 0) is 24.1 Å². The van der Waals surface area contributed by atoms with Crippen molar-refractivity contribution in [2.45, 2.75) is 39.3 Å². The number of hydrogen-bond donors (Lipinski definition) is 0. The second-order valence-corrected chi connectivity index (χ2v) is 8.45.